The molecule has 2 rings (SSSR count). The number of hydrogen-bond donors (Lipinski definition) is 1. The zero-order valence-corrected chi connectivity index (χ0v) is 12.0. The fourth-order valence-electron chi connectivity index (χ4n) is 2.09. The molecule has 2 aromatic rings. The molecule has 3 nitrogen and oxygen atoms in total. The minimum Gasteiger partial charge on any atom is -0.492 e. The third kappa shape index (κ3) is 3.36. The van der Waals surface area contributed by atoms with Gasteiger partial charge in [-0.3, -0.25) is 4.98 Å². The Bertz CT molecular complexity index is 537. The van der Waals surface area contributed by atoms with Gasteiger partial charge in [0.15, 0.2) is 0 Å². The lowest BCUT2D eigenvalue weighted by Gasteiger charge is -2.14. The van der Waals surface area contributed by atoms with Crippen molar-refractivity contribution >= 4 is 0 Å². The number of ether oxygens (including phenoxy) is 1. The summed E-state index contributed by atoms with van der Waals surface area (Å²) in [5.74, 6) is 0.782. The van der Waals surface area contributed by atoms with Crippen molar-refractivity contribution in [1.82, 2.24) is 4.98 Å². The molecular formula is C17H21NO2. The number of benzene rings is 1. The van der Waals surface area contributed by atoms with E-state index in [0.717, 1.165) is 29.0 Å². The minimum absolute atomic E-state index is 0.455. The Morgan fingerprint density at radius 3 is 2.60 bits per heavy atom. The van der Waals surface area contributed by atoms with E-state index in [0.29, 0.717) is 13.0 Å². The Kier molecular flexibility index (Phi) is 5.13. The SMILES string of the molecule is CCCOc1ccc(-c2ccccc2C(O)CC)nc1. The van der Waals surface area contributed by atoms with Crippen LogP contribution in [-0.2, 0) is 0 Å². The summed E-state index contributed by atoms with van der Waals surface area (Å²) >= 11 is 0. The molecule has 0 aliphatic rings. The first kappa shape index (κ1) is 14.5. The lowest BCUT2D eigenvalue weighted by Crippen LogP contribution is -1.99. The third-order valence-corrected chi connectivity index (χ3v) is 3.19. The van der Waals surface area contributed by atoms with Crippen LogP contribution in [0.1, 0.15) is 38.4 Å². The summed E-state index contributed by atoms with van der Waals surface area (Å²) in [7, 11) is 0. The fourth-order valence-corrected chi connectivity index (χ4v) is 2.09. The van der Waals surface area contributed by atoms with Crippen LogP contribution in [0, 0.1) is 0 Å². The topological polar surface area (TPSA) is 42.4 Å². The fraction of sp³-hybridized carbons (Fsp3) is 0.353. The number of aliphatic hydroxyl groups excluding tert-OH is 1. The highest BCUT2D eigenvalue weighted by molar-refractivity contribution is 5.64. The van der Waals surface area contributed by atoms with E-state index in [1.165, 1.54) is 0 Å². The maximum Gasteiger partial charge on any atom is 0.137 e. The Morgan fingerprint density at radius 1 is 1.15 bits per heavy atom. The van der Waals surface area contributed by atoms with E-state index < -0.39 is 6.10 Å². The van der Waals surface area contributed by atoms with Crippen molar-refractivity contribution in [3.8, 4) is 17.0 Å². The summed E-state index contributed by atoms with van der Waals surface area (Å²) in [6, 6.07) is 11.7. The number of rotatable bonds is 6. The number of aliphatic hydroxyl groups is 1. The molecule has 0 saturated heterocycles. The van der Waals surface area contributed by atoms with E-state index in [2.05, 4.69) is 11.9 Å². The number of aromatic nitrogens is 1. The molecule has 0 spiro atoms. The average Bonchev–Trinajstić information content (AvgIpc) is 2.52. The first-order chi connectivity index (χ1) is 9.76. The van der Waals surface area contributed by atoms with Crippen LogP contribution in [0.2, 0.25) is 0 Å². The van der Waals surface area contributed by atoms with Gasteiger partial charge in [-0.15, -0.1) is 0 Å². The molecule has 0 radical (unpaired) electrons. The summed E-state index contributed by atoms with van der Waals surface area (Å²) in [5, 5.41) is 10.1. The van der Waals surface area contributed by atoms with Crippen LogP contribution in [0.4, 0.5) is 0 Å². The Balaban J connectivity index is 2.27. The Morgan fingerprint density at radius 2 is 1.95 bits per heavy atom. The molecule has 0 aliphatic heterocycles. The van der Waals surface area contributed by atoms with Gasteiger partial charge in [-0.25, -0.2) is 0 Å². The van der Waals surface area contributed by atoms with E-state index in [9.17, 15) is 5.11 Å². The van der Waals surface area contributed by atoms with Crippen molar-refractivity contribution in [3.63, 3.8) is 0 Å². The van der Waals surface area contributed by atoms with Gasteiger partial charge in [0.2, 0.25) is 0 Å². The van der Waals surface area contributed by atoms with Crippen LogP contribution in [0.15, 0.2) is 42.6 Å². The van der Waals surface area contributed by atoms with Crippen molar-refractivity contribution < 1.29 is 9.84 Å². The van der Waals surface area contributed by atoms with Crippen molar-refractivity contribution in [2.24, 2.45) is 0 Å². The predicted molar refractivity (Wildman–Crippen MR) is 80.7 cm³/mol. The number of nitrogens with zero attached hydrogens (tertiary/aromatic N) is 1. The quantitative estimate of drug-likeness (QED) is 0.864. The minimum atomic E-state index is -0.455. The van der Waals surface area contributed by atoms with Gasteiger partial charge in [0.25, 0.3) is 0 Å². The largest absolute Gasteiger partial charge is 0.492 e. The molecular weight excluding hydrogens is 250 g/mol. The van der Waals surface area contributed by atoms with Crippen LogP contribution in [0.25, 0.3) is 11.3 Å². The smallest absolute Gasteiger partial charge is 0.137 e. The molecule has 106 valence electrons. The normalized spacial score (nSPS) is 12.2. The van der Waals surface area contributed by atoms with Crippen molar-refractivity contribution in [3.05, 3.63) is 48.2 Å². The standard InChI is InChI=1S/C17H21NO2/c1-3-11-20-13-9-10-16(18-12-13)14-7-5-6-8-15(14)17(19)4-2/h5-10,12,17,19H,3-4,11H2,1-2H3. The lowest BCUT2D eigenvalue weighted by atomic mass is 9.98. The molecule has 0 aliphatic carbocycles. The van der Waals surface area contributed by atoms with Gasteiger partial charge in [-0.1, -0.05) is 38.1 Å². The van der Waals surface area contributed by atoms with Crippen LogP contribution in [0.5, 0.6) is 5.75 Å². The second-order valence-electron chi connectivity index (χ2n) is 4.74. The van der Waals surface area contributed by atoms with Crippen LogP contribution in [0.3, 0.4) is 0 Å². The molecule has 1 N–H and O–H groups in total. The molecule has 20 heavy (non-hydrogen) atoms. The van der Waals surface area contributed by atoms with Crippen LogP contribution in [-0.4, -0.2) is 16.7 Å². The lowest BCUT2D eigenvalue weighted by molar-refractivity contribution is 0.174. The van der Waals surface area contributed by atoms with Crippen LogP contribution < -0.4 is 4.74 Å². The van der Waals surface area contributed by atoms with Crippen molar-refractivity contribution in [2.75, 3.05) is 6.61 Å². The molecule has 0 bridgehead atoms. The van der Waals surface area contributed by atoms with Gasteiger partial charge in [0.1, 0.15) is 5.75 Å². The second-order valence-corrected chi connectivity index (χ2v) is 4.74. The van der Waals surface area contributed by atoms with Gasteiger partial charge in [-0.2, -0.15) is 0 Å². The van der Waals surface area contributed by atoms with E-state index in [1.807, 2.05) is 43.3 Å². The number of hydrogen-bond acceptors (Lipinski definition) is 3. The zero-order chi connectivity index (χ0) is 14.4. The van der Waals surface area contributed by atoms with Crippen molar-refractivity contribution in [2.45, 2.75) is 32.8 Å². The number of pyridine rings is 1. The zero-order valence-electron chi connectivity index (χ0n) is 12.0. The molecule has 0 saturated carbocycles. The highest BCUT2D eigenvalue weighted by Gasteiger charge is 2.12. The highest BCUT2D eigenvalue weighted by Crippen LogP contribution is 2.29. The van der Waals surface area contributed by atoms with E-state index >= 15 is 0 Å². The average molecular weight is 271 g/mol. The first-order valence-electron chi connectivity index (χ1n) is 7.12. The molecule has 1 aromatic carbocycles. The maximum atomic E-state index is 10.1. The molecule has 1 unspecified atom stereocenters. The van der Waals surface area contributed by atoms with Gasteiger partial charge < -0.3 is 9.84 Å². The third-order valence-electron chi connectivity index (χ3n) is 3.19. The summed E-state index contributed by atoms with van der Waals surface area (Å²) in [6.45, 7) is 4.74. The molecule has 3 heteroatoms. The maximum absolute atomic E-state index is 10.1. The van der Waals surface area contributed by atoms with Gasteiger partial charge in [0, 0.05) is 5.56 Å². The van der Waals surface area contributed by atoms with Gasteiger partial charge in [0.05, 0.1) is 24.6 Å². The van der Waals surface area contributed by atoms with Crippen molar-refractivity contribution in [1.29, 1.82) is 0 Å². The summed E-state index contributed by atoms with van der Waals surface area (Å²) in [5.41, 5.74) is 2.76. The molecule has 0 amide bonds. The second kappa shape index (κ2) is 7.06. The highest BCUT2D eigenvalue weighted by atomic mass is 16.5. The van der Waals surface area contributed by atoms with Crippen LogP contribution >= 0.6 is 0 Å². The summed E-state index contributed by atoms with van der Waals surface area (Å²) in [4.78, 5) is 4.44. The summed E-state index contributed by atoms with van der Waals surface area (Å²) < 4.78 is 5.53. The Labute approximate surface area is 120 Å². The van der Waals surface area contributed by atoms with E-state index in [4.69, 9.17) is 4.74 Å². The molecule has 1 atom stereocenters. The molecule has 1 aromatic heterocycles. The Hall–Kier alpha value is -1.87. The monoisotopic (exact) mass is 271 g/mol. The van der Waals surface area contributed by atoms with Gasteiger partial charge >= 0.3 is 0 Å². The molecule has 1 heterocycles. The molecule has 0 fully saturated rings. The first-order valence-corrected chi connectivity index (χ1v) is 7.12. The van der Waals surface area contributed by atoms with E-state index in [1.54, 1.807) is 6.20 Å². The van der Waals surface area contributed by atoms with Gasteiger partial charge in [-0.05, 0) is 30.5 Å². The predicted octanol–water partition coefficient (Wildman–Crippen LogP) is 3.98. The van der Waals surface area contributed by atoms with E-state index in [-0.39, 0.29) is 0 Å². The summed E-state index contributed by atoms with van der Waals surface area (Å²) in [6.07, 6.45) is 2.95.